The van der Waals surface area contributed by atoms with Gasteiger partial charge < -0.3 is 19.7 Å². The van der Waals surface area contributed by atoms with Crippen molar-refractivity contribution in [2.75, 3.05) is 45.8 Å². The average molecular weight is 419 g/mol. The zero-order valence-electron chi connectivity index (χ0n) is 19.0. The van der Waals surface area contributed by atoms with E-state index >= 15 is 0 Å². The van der Waals surface area contributed by atoms with Crippen molar-refractivity contribution in [1.82, 2.24) is 9.88 Å². The molecule has 30 heavy (non-hydrogen) atoms. The summed E-state index contributed by atoms with van der Waals surface area (Å²) < 4.78 is 0. The van der Waals surface area contributed by atoms with E-state index in [-0.39, 0.29) is 23.5 Å². The largest absolute Gasteiger partial charge is 0.355 e. The Morgan fingerprint density at radius 1 is 1.00 bits per heavy atom. The van der Waals surface area contributed by atoms with Crippen molar-refractivity contribution in [3.05, 3.63) is 22.5 Å². The second-order valence-corrected chi connectivity index (χ2v) is 9.15. The van der Waals surface area contributed by atoms with Crippen LogP contribution in [0.2, 0.25) is 0 Å². The van der Waals surface area contributed by atoms with Crippen LogP contribution in [0.25, 0.3) is 0 Å². The number of hydrogen-bond donors (Lipinski definition) is 3. The van der Waals surface area contributed by atoms with Gasteiger partial charge in [-0.25, -0.2) is 0 Å². The van der Waals surface area contributed by atoms with Crippen LogP contribution in [-0.2, 0) is 4.79 Å². The average Bonchev–Trinajstić information content (AvgIpc) is 2.89. The van der Waals surface area contributed by atoms with Crippen LogP contribution in [-0.4, -0.2) is 79.2 Å². The van der Waals surface area contributed by atoms with Gasteiger partial charge in [-0.2, -0.15) is 0 Å². The SMILES string of the molecule is CC(=O)c1c(C)[nH]c(C(=O)[C@H](C)[NH+]2CC[NH+](CC(=O)N3CCCCCC3)CC2)c1C. The van der Waals surface area contributed by atoms with E-state index in [4.69, 9.17) is 0 Å². The zero-order chi connectivity index (χ0) is 21.8. The highest BCUT2D eigenvalue weighted by Crippen LogP contribution is 2.19. The third-order valence-corrected chi connectivity index (χ3v) is 7.00. The molecule has 1 aromatic heterocycles. The smallest absolute Gasteiger partial charge is 0.277 e. The molecule has 0 saturated carbocycles. The summed E-state index contributed by atoms with van der Waals surface area (Å²) in [7, 11) is 0. The van der Waals surface area contributed by atoms with Crippen molar-refractivity contribution in [1.29, 1.82) is 0 Å². The Kier molecular flexibility index (Phi) is 7.47. The molecule has 0 unspecified atom stereocenters. The highest BCUT2D eigenvalue weighted by molar-refractivity contribution is 6.04. The molecule has 2 aliphatic rings. The molecule has 7 heteroatoms. The van der Waals surface area contributed by atoms with Crippen LogP contribution >= 0.6 is 0 Å². The molecular weight excluding hydrogens is 380 g/mol. The lowest BCUT2D eigenvalue weighted by Crippen LogP contribution is -3.30. The lowest BCUT2D eigenvalue weighted by atomic mass is 10.0. The van der Waals surface area contributed by atoms with Gasteiger partial charge in [0.05, 0.1) is 5.69 Å². The molecule has 2 aliphatic heterocycles. The topological polar surface area (TPSA) is 79.1 Å². The number of ketones is 2. The second kappa shape index (κ2) is 9.88. The number of quaternary nitrogens is 2. The summed E-state index contributed by atoms with van der Waals surface area (Å²) in [6.45, 7) is 13.2. The summed E-state index contributed by atoms with van der Waals surface area (Å²) in [5, 5.41) is 0. The van der Waals surface area contributed by atoms with Gasteiger partial charge in [-0.05, 0) is 46.1 Å². The lowest BCUT2D eigenvalue weighted by Gasteiger charge is -2.33. The van der Waals surface area contributed by atoms with Gasteiger partial charge in [0.2, 0.25) is 5.78 Å². The number of carbonyl (C=O) groups excluding carboxylic acids is 3. The minimum Gasteiger partial charge on any atom is -0.355 e. The van der Waals surface area contributed by atoms with Crippen LogP contribution in [0.15, 0.2) is 0 Å². The number of nitrogens with zero attached hydrogens (tertiary/aromatic N) is 1. The summed E-state index contributed by atoms with van der Waals surface area (Å²) in [5.41, 5.74) is 2.75. The number of hydrogen-bond acceptors (Lipinski definition) is 3. The Morgan fingerprint density at radius 2 is 1.60 bits per heavy atom. The Labute approximate surface area is 179 Å². The molecule has 1 atom stereocenters. The van der Waals surface area contributed by atoms with Crippen LogP contribution in [0, 0.1) is 13.8 Å². The Bertz CT molecular complexity index is 785. The first-order chi connectivity index (χ1) is 14.3. The molecule has 166 valence electrons. The third-order valence-electron chi connectivity index (χ3n) is 7.00. The summed E-state index contributed by atoms with van der Waals surface area (Å²) >= 11 is 0. The first-order valence-corrected chi connectivity index (χ1v) is 11.5. The van der Waals surface area contributed by atoms with Crippen molar-refractivity contribution in [3.8, 4) is 0 Å². The monoisotopic (exact) mass is 418 g/mol. The highest BCUT2D eigenvalue weighted by atomic mass is 16.2. The van der Waals surface area contributed by atoms with Crippen LogP contribution in [0.5, 0.6) is 0 Å². The van der Waals surface area contributed by atoms with E-state index in [1.54, 1.807) is 6.92 Å². The second-order valence-electron chi connectivity index (χ2n) is 9.15. The molecule has 3 N–H and O–H groups in total. The quantitative estimate of drug-likeness (QED) is 0.550. The highest BCUT2D eigenvalue weighted by Gasteiger charge is 2.34. The molecule has 0 aliphatic carbocycles. The van der Waals surface area contributed by atoms with Crippen LogP contribution in [0.4, 0.5) is 0 Å². The zero-order valence-corrected chi connectivity index (χ0v) is 19.0. The van der Waals surface area contributed by atoms with Gasteiger partial charge in [-0.15, -0.1) is 0 Å². The van der Waals surface area contributed by atoms with Gasteiger partial charge in [-0.1, -0.05) is 12.8 Å². The maximum absolute atomic E-state index is 13.1. The van der Waals surface area contributed by atoms with E-state index in [1.807, 2.05) is 25.7 Å². The summed E-state index contributed by atoms with van der Waals surface area (Å²) in [6.07, 6.45) is 4.72. The summed E-state index contributed by atoms with van der Waals surface area (Å²) in [6, 6.07) is -0.163. The summed E-state index contributed by atoms with van der Waals surface area (Å²) in [5.74, 6) is 0.350. The van der Waals surface area contributed by atoms with E-state index in [2.05, 4.69) is 4.98 Å². The molecule has 1 aromatic rings. The predicted molar refractivity (Wildman–Crippen MR) is 115 cm³/mol. The number of piperazine rings is 1. The Hall–Kier alpha value is -1.99. The molecule has 0 radical (unpaired) electrons. The molecule has 0 bridgehead atoms. The molecule has 2 saturated heterocycles. The lowest BCUT2D eigenvalue weighted by molar-refractivity contribution is -1.01. The molecule has 3 rings (SSSR count). The Balaban J connectivity index is 1.54. The van der Waals surface area contributed by atoms with Gasteiger partial charge in [0.1, 0.15) is 26.2 Å². The van der Waals surface area contributed by atoms with Crippen LogP contribution in [0.1, 0.15) is 71.6 Å². The third kappa shape index (κ3) is 5.01. The number of aryl methyl sites for hydroxylation is 1. The first-order valence-electron chi connectivity index (χ1n) is 11.5. The van der Waals surface area contributed by atoms with E-state index < -0.39 is 0 Å². The van der Waals surface area contributed by atoms with Crippen molar-refractivity contribution in [2.45, 2.75) is 59.4 Å². The van der Waals surface area contributed by atoms with Gasteiger partial charge in [0, 0.05) is 24.3 Å². The van der Waals surface area contributed by atoms with Crippen molar-refractivity contribution >= 4 is 17.5 Å². The van der Waals surface area contributed by atoms with E-state index in [0.717, 1.165) is 63.4 Å². The van der Waals surface area contributed by atoms with E-state index in [0.29, 0.717) is 17.8 Å². The number of rotatable bonds is 6. The minimum atomic E-state index is -0.163. The fraction of sp³-hybridized carbons (Fsp3) is 0.696. The molecule has 7 nitrogen and oxygen atoms in total. The molecular formula is C23H38N4O3+2. The number of H-pyrrole nitrogens is 1. The van der Waals surface area contributed by atoms with E-state index in [1.165, 1.54) is 22.6 Å². The minimum absolute atomic E-state index is 0.00779. The fourth-order valence-electron chi connectivity index (χ4n) is 5.11. The molecule has 0 spiro atoms. The van der Waals surface area contributed by atoms with Crippen molar-refractivity contribution in [3.63, 3.8) is 0 Å². The number of aromatic amines is 1. The predicted octanol–water partition coefficient (Wildman–Crippen LogP) is -0.409. The fourth-order valence-corrected chi connectivity index (χ4v) is 5.11. The summed E-state index contributed by atoms with van der Waals surface area (Å²) in [4.78, 5) is 45.5. The molecule has 0 aromatic carbocycles. The number of Topliss-reactive ketones (excluding diaryl/α,β-unsaturated/α-hetero) is 2. The molecule has 3 heterocycles. The number of aromatic nitrogens is 1. The Morgan fingerprint density at radius 3 is 2.13 bits per heavy atom. The van der Waals surface area contributed by atoms with Crippen LogP contribution < -0.4 is 9.80 Å². The maximum Gasteiger partial charge on any atom is 0.277 e. The number of nitrogens with one attached hydrogen (secondary N) is 3. The van der Waals surface area contributed by atoms with Crippen molar-refractivity contribution < 1.29 is 24.2 Å². The maximum atomic E-state index is 13.1. The van der Waals surface area contributed by atoms with Gasteiger partial charge in [0.15, 0.2) is 18.4 Å². The first kappa shape index (κ1) is 22.7. The van der Waals surface area contributed by atoms with Gasteiger partial charge in [-0.3, -0.25) is 14.4 Å². The van der Waals surface area contributed by atoms with Gasteiger partial charge >= 0.3 is 0 Å². The number of amides is 1. The molecule has 2 fully saturated rings. The normalized spacial score (nSPS) is 23.7. The van der Waals surface area contributed by atoms with Crippen LogP contribution in [0.3, 0.4) is 0 Å². The number of likely N-dealkylation sites (tertiary alicyclic amines) is 1. The van der Waals surface area contributed by atoms with Crippen molar-refractivity contribution in [2.24, 2.45) is 0 Å². The van der Waals surface area contributed by atoms with E-state index in [9.17, 15) is 14.4 Å². The standard InChI is InChI=1S/C23H36N4O3/c1-16-21(19(4)28)17(2)24-22(16)23(30)18(3)26-13-11-25(12-14-26)15-20(29)27-9-7-5-6-8-10-27/h18,24H,5-15H2,1-4H3/p+2/t18-/m0/s1. The van der Waals surface area contributed by atoms with Gasteiger partial charge in [0.25, 0.3) is 5.91 Å². The number of carbonyl (C=O) groups is 3. The molecule has 1 amide bonds.